The van der Waals surface area contributed by atoms with Crippen molar-refractivity contribution in [3.05, 3.63) is 48.5 Å². The summed E-state index contributed by atoms with van der Waals surface area (Å²) in [5.41, 5.74) is 1.91. The van der Waals surface area contributed by atoms with E-state index in [1.165, 1.54) is 0 Å². The molecule has 2 aromatic carbocycles. The molecule has 0 atom stereocenters. The van der Waals surface area contributed by atoms with E-state index in [0.29, 0.717) is 23.1 Å². The summed E-state index contributed by atoms with van der Waals surface area (Å²) in [6.45, 7) is 0. The minimum Gasteiger partial charge on any atom is -0.497 e. The van der Waals surface area contributed by atoms with Crippen LogP contribution in [0.3, 0.4) is 0 Å². The van der Waals surface area contributed by atoms with Gasteiger partial charge in [0.15, 0.2) is 5.11 Å². The van der Waals surface area contributed by atoms with E-state index in [9.17, 15) is 0 Å². The molecule has 1 saturated carbocycles. The van der Waals surface area contributed by atoms with Crippen LogP contribution in [0.1, 0.15) is 25.7 Å². The topological polar surface area (TPSA) is 74.3 Å². The van der Waals surface area contributed by atoms with Crippen LogP contribution in [-0.4, -0.2) is 48.4 Å². The molecule has 1 fully saturated rings. The summed E-state index contributed by atoms with van der Waals surface area (Å²) in [6, 6.07) is 16.6. The number of ether oxygens (including phenoxy) is 1. The Morgan fingerprint density at radius 1 is 0.969 bits per heavy atom. The van der Waals surface area contributed by atoms with Gasteiger partial charge in [-0.25, -0.2) is 4.98 Å². The quantitative estimate of drug-likeness (QED) is 0.477. The average Bonchev–Trinajstić information content (AvgIpc) is 2.80. The molecule has 0 amide bonds. The van der Waals surface area contributed by atoms with Crippen molar-refractivity contribution in [2.24, 2.45) is 0 Å². The number of nitrogens with one attached hydrogen (secondary N) is 3. The Labute approximate surface area is 194 Å². The number of nitrogens with zero attached hydrogens (tertiary/aromatic N) is 3. The highest BCUT2D eigenvalue weighted by atomic mass is 32.1. The van der Waals surface area contributed by atoms with E-state index in [-0.39, 0.29) is 0 Å². The first kappa shape index (κ1) is 22.1. The number of benzene rings is 2. The van der Waals surface area contributed by atoms with Gasteiger partial charge in [-0.05, 0) is 74.3 Å². The van der Waals surface area contributed by atoms with Crippen LogP contribution in [0, 0.1) is 0 Å². The molecule has 168 valence electrons. The number of thiocarbonyl (C=S) groups is 1. The zero-order valence-corrected chi connectivity index (χ0v) is 19.6. The van der Waals surface area contributed by atoms with E-state index in [4.69, 9.17) is 26.9 Å². The lowest BCUT2D eigenvalue weighted by atomic mass is 9.91. The first-order chi connectivity index (χ1) is 15.5. The molecule has 1 aromatic heterocycles. The monoisotopic (exact) mass is 450 g/mol. The third-order valence-corrected chi connectivity index (χ3v) is 5.97. The van der Waals surface area contributed by atoms with E-state index < -0.39 is 0 Å². The van der Waals surface area contributed by atoms with Gasteiger partial charge in [0.25, 0.3) is 0 Å². The first-order valence-electron chi connectivity index (χ1n) is 10.9. The van der Waals surface area contributed by atoms with Crippen LogP contribution >= 0.6 is 12.2 Å². The molecule has 1 heterocycles. The minimum absolute atomic E-state index is 0.354. The van der Waals surface area contributed by atoms with E-state index in [1.54, 1.807) is 7.11 Å². The van der Waals surface area contributed by atoms with Crippen molar-refractivity contribution in [3.63, 3.8) is 0 Å². The predicted octanol–water partition coefficient (Wildman–Crippen LogP) is 4.41. The summed E-state index contributed by atoms with van der Waals surface area (Å²) < 4.78 is 5.19. The normalized spacial score (nSPS) is 18.1. The fourth-order valence-corrected chi connectivity index (χ4v) is 4.34. The number of hydrogen-bond donors (Lipinski definition) is 3. The number of anilines is 3. The minimum atomic E-state index is 0.354. The standard InChI is InChI=1S/C24H30N6OS/c1-30(2)22-20-6-4-5-7-21(20)28-23(29-22)25-16-8-10-17(11-9-16)26-24(32)27-18-12-14-19(31-3)15-13-18/h4-7,12-17H,8-11H2,1-3H3,(H,25,28,29)(H2,26,27,32)/t16-,17+. The summed E-state index contributed by atoms with van der Waals surface area (Å²) in [5.74, 6) is 2.46. The molecule has 7 nitrogen and oxygen atoms in total. The van der Waals surface area contributed by atoms with E-state index >= 15 is 0 Å². The number of fused-ring (bicyclic) bond motifs is 1. The van der Waals surface area contributed by atoms with Crippen LogP contribution in [0.5, 0.6) is 5.75 Å². The van der Waals surface area contributed by atoms with Crippen LogP contribution in [0.2, 0.25) is 0 Å². The van der Waals surface area contributed by atoms with Crippen molar-refractivity contribution in [2.45, 2.75) is 37.8 Å². The molecule has 3 N–H and O–H groups in total. The molecule has 3 aromatic rings. The number of hydrogen-bond acceptors (Lipinski definition) is 6. The second kappa shape index (κ2) is 9.99. The summed E-state index contributed by atoms with van der Waals surface area (Å²) in [6.07, 6.45) is 4.15. The highest BCUT2D eigenvalue weighted by molar-refractivity contribution is 7.80. The molecule has 0 unspecified atom stereocenters. The maximum atomic E-state index is 5.50. The van der Waals surface area contributed by atoms with Crippen molar-refractivity contribution in [3.8, 4) is 5.75 Å². The maximum Gasteiger partial charge on any atom is 0.225 e. The number of para-hydroxylation sites is 1. The van der Waals surface area contributed by atoms with Crippen molar-refractivity contribution in [2.75, 3.05) is 36.7 Å². The fourth-order valence-electron chi connectivity index (χ4n) is 4.06. The molecule has 0 spiro atoms. The summed E-state index contributed by atoms with van der Waals surface area (Å²) in [7, 11) is 5.68. The Bertz CT molecular complexity index is 1060. The van der Waals surface area contributed by atoms with Gasteiger partial charge in [-0.3, -0.25) is 0 Å². The predicted molar refractivity (Wildman–Crippen MR) is 136 cm³/mol. The fraction of sp³-hybridized carbons (Fsp3) is 0.375. The van der Waals surface area contributed by atoms with Crippen LogP contribution in [0.15, 0.2) is 48.5 Å². The highest BCUT2D eigenvalue weighted by Gasteiger charge is 2.22. The van der Waals surface area contributed by atoms with Gasteiger partial charge >= 0.3 is 0 Å². The molecule has 32 heavy (non-hydrogen) atoms. The first-order valence-corrected chi connectivity index (χ1v) is 11.3. The van der Waals surface area contributed by atoms with Crippen molar-refractivity contribution in [1.82, 2.24) is 15.3 Å². The lowest BCUT2D eigenvalue weighted by Crippen LogP contribution is -2.42. The molecule has 0 bridgehead atoms. The average molecular weight is 451 g/mol. The Balaban J connectivity index is 1.30. The van der Waals surface area contributed by atoms with Gasteiger partial charge in [0.05, 0.1) is 12.6 Å². The SMILES string of the molecule is COc1ccc(NC(=S)N[C@H]2CC[C@@H](Nc3nc(N(C)C)c4ccccc4n3)CC2)cc1. The zero-order chi connectivity index (χ0) is 22.5. The zero-order valence-electron chi connectivity index (χ0n) is 18.8. The maximum absolute atomic E-state index is 5.50. The summed E-state index contributed by atoms with van der Waals surface area (Å²) in [5, 5.41) is 12.0. The largest absolute Gasteiger partial charge is 0.497 e. The molecule has 0 aliphatic heterocycles. The molecule has 0 radical (unpaired) electrons. The second-order valence-electron chi connectivity index (χ2n) is 8.30. The van der Waals surface area contributed by atoms with Gasteiger partial charge in [-0.1, -0.05) is 12.1 Å². The molecule has 8 heteroatoms. The van der Waals surface area contributed by atoms with Crippen LogP contribution in [0.25, 0.3) is 10.9 Å². The third kappa shape index (κ3) is 5.37. The highest BCUT2D eigenvalue weighted by Crippen LogP contribution is 2.26. The summed E-state index contributed by atoms with van der Waals surface area (Å²) in [4.78, 5) is 11.5. The van der Waals surface area contributed by atoms with Gasteiger partial charge in [0, 0.05) is 37.3 Å². The molecular weight excluding hydrogens is 420 g/mol. The Hall–Kier alpha value is -3.13. The van der Waals surface area contributed by atoms with E-state index in [2.05, 4.69) is 22.0 Å². The van der Waals surface area contributed by atoms with Gasteiger partial charge in [0.2, 0.25) is 5.95 Å². The lowest BCUT2D eigenvalue weighted by Gasteiger charge is -2.30. The van der Waals surface area contributed by atoms with Crippen LogP contribution in [0.4, 0.5) is 17.5 Å². The van der Waals surface area contributed by atoms with E-state index in [1.807, 2.05) is 61.5 Å². The van der Waals surface area contributed by atoms with Crippen molar-refractivity contribution in [1.29, 1.82) is 0 Å². The number of rotatable bonds is 6. The van der Waals surface area contributed by atoms with Gasteiger partial charge in [-0.2, -0.15) is 4.98 Å². The number of aromatic nitrogens is 2. The lowest BCUT2D eigenvalue weighted by molar-refractivity contribution is 0.387. The van der Waals surface area contributed by atoms with Crippen molar-refractivity contribution < 1.29 is 4.74 Å². The second-order valence-corrected chi connectivity index (χ2v) is 8.71. The third-order valence-electron chi connectivity index (χ3n) is 5.75. The summed E-state index contributed by atoms with van der Waals surface area (Å²) >= 11 is 5.50. The van der Waals surface area contributed by atoms with Gasteiger partial charge < -0.3 is 25.6 Å². The van der Waals surface area contributed by atoms with Crippen LogP contribution in [-0.2, 0) is 0 Å². The Morgan fingerprint density at radius 3 is 2.34 bits per heavy atom. The van der Waals surface area contributed by atoms with Crippen molar-refractivity contribution >= 4 is 45.7 Å². The van der Waals surface area contributed by atoms with E-state index in [0.717, 1.165) is 53.8 Å². The number of methoxy groups -OCH3 is 1. The van der Waals surface area contributed by atoms with Gasteiger partial charge in [-0.15, -0.1) is 0 Å². The smallest absolute Gasteiger partial charge is 0.225 e. The van der Waals surface area contributed by atoms with Crippen LogP contribution < -0.4 is 25.6 Å². The Morgan fingerprint density at radius 2 is 1.66 bits per heavy atom. The molecular formula is C24H30N6OS. The molecule has 4 rings (SSSR count). The Kier molecular flexibility index (Phi) is 6.90. The molecule has 1 aliphatic carbocycles. The van der Waals surface area contributed by atoms with Gasteiger partial charge in [0.1, 0.15) is 11.6 Å². The molecule has 0 saturated heterocycles. The molecule has 1 aliphatic rings.